The fourth-order valence-corrected chi connectivity index (χ4v) is 10.1. The number of nitrogens with zero attached hydrogens (tertiary/aromatic N) is 5. The van der Waals surface area contributed by atoms with Crippen LogP contribution in [0.4, 0.5) is 10.2 Å². The van der Waals surface area contributed by atoms with Gasteiger partial charge in [-0.2, -0.15) is 0 Å². The molecule has 5 aromatic heterocycles. The van der Waals surface area contributed by atoms with Crippen molar-refractivity contribution < 1.29 is 13.6 Å². The molecule has 1 amide bonds. The maximum Gasteiger partial charge on any atom is 0.434 e. The topological polar surface area (TPSA) is 130 Å². The molecule has 13 heteroatoms. The molecular weight excluding hydrogens is 677 g/mol. The van der Waals surface area contributed by atoms with Gasteiger partial charge in [0.2, 0.25) is 0 Å². The third-order valence-corrected chi connectivity index (χ3v) is 12.4. The second-order valence-electron chi connectivity index (χ2n) is 13.9. The number of halogens is 2. The van der Waals surface area contributed by atoms with Crippen molar-refractivity contribution in [1.29, 1.82) is 0 Å². The molecule has 250 valence electrons. The number of aryl methyl sites for hydroxylation is 3. The summed E-state index contributed by atoms with van der Waals surface area (Å²) in [6.45, 7) is 2.67. The lowest BCUT2D eigenvalue weighted by molar-refractivity contribution is 0.0637. The Morgan fingerprint density at radius 2 is 1.94 bits per heavy atom. The Balaban J connectivity index is 1.17. The maximum absolute atomic E-state index is 14.4. The van der Waals surface area contributed by atoms with Crippen LogP contribution < -0.4 is 11.1 Å². The van der Waals surface area contributed by atoms with E-state index in [9.17, 15) is 14.0 Å². The summed E-state index contributed by atoms with van der Waals surface area (Å²) in [7, 11) is 0. The third-order valence-electron chi connectivity index (χ3n) is 10.9. The fraction of sp³-hybridized carbons (Fsp3) is 0.297. The number of pyridine rings is 3. The van der Waals surface area contributed by atoms with Gasteiger partial charge in [-0.05, 0) is 97.7 Å². The molecule has 50 heavy (non-hydrogen) atoms. The van der Waals surface area contributed by atoms with Crippen molar-refractivity contribution in [2.75, 3.05) is 11.9 Å². The number of rotatable bonds is 7. The Morgan fingerprint density at radius 1 is 1.10 bits per heavy atom. The van der Waals surface area contributed by atoms with Crippen molar-refractivity contribution in [3.63, 3.8) is 0 Å². The highest BCUT2D eigenvalue weighted by Crippen LogP contribution is 2.63. The van der Waals surface area contributed by atoms with Gasteiger partial charge in [0, 0.05) is 35.1 Å². The Bertz CT molecular complexity index is 2470. The van der Waals surface area contributed by atoms with E-state index in [0.717, 1.165) is 74.5 Å². The van der Waals surface area contributed by atoms with Crippen LogP contribution in [0.2, 0.25) is 5.02 Å². The molecule has 0 radical (unpaired) electrons. The minimum atomic E-state index is -0.697. The van der Waals surface area contributed by atoms with Gasteiger partial charge < -0.3 is 14.6 Å². The first kappa shape index (κ1) is 29.9. The Labute approximate surface area is 293 Å². The highest BCUT2D eigenvalue weighted by Gasteiger charge is 2.65. The standard InChI is InChI=1S/C37H29ClFN7O3S/c1-17-10-20-11-27(50-31(20)33(41-17)43-25-9-7-22-23(25)14-40-15-24(22)38)29-28(34-44-45-36(48)49-34)26(8-4-18-2-5-21(39)6-3-18)42-32-30(29)35(47)46-16-19-12-37(32,46)13-19/h2-3,5-6,10-11,14-15,19,25H,4,7-9,12-13,16H2,1H3,(H,41,43)(H,45,48)/t19?,25-,37?/m1/s1. The molecule has 2 aliphatic carbocycles. The summed E-state index contributed by atoms with van der Waals surface area (Å²) in [4.78, 5) is 44.2. The lowest BCUT2D eigenvalue weighted by Gasteiger charge is -2.37. The first-order valence-corrected chi connectivity index (χ1v) is 18.0. The van der Waals surface area contributed by atoms with Crippen LogP contribution in [-0.2, 0) is 24.8 Å². The summed E-state index contributed by atoms with van der Waals surface area (Å²) < 4.78 is 20.3. The zero-order valence-electron chi connectivity index (χ0n) is 26.8. The minimum absolute atomic E-state index is 0.00389. The first-order chi connectivity index (χ1) is 24.3. The van der Waals surface area contributed by atoms with Gasteiger partial charge in [0.1, 0.15) is 11.6 Å². The summed E-state index contributed by atoms with van der Waals surface area (Å²) in [5.41, 5.74) is 6.75. The molecule has 1 atom stereocenters. The number of benzene rings is 1. The van der Waals surface area contributed by atoms with Crippen molar-refractivity contribution >= 4 is 44.7 Å². The number of aromatic amines is 1. The number of hydrogen-bond donors (Lipinski definition) is 2. The monoisotopic (exact) mass is 705 g/mol. The average Bonchev–Trinajstić information content (AvgIpc) is 3.93. The fourth-order valence-electron chi connectivity index (χ4n) is 8.70. The molecule has 10 nitrogen and oxygen atoms in total. The van der Waals surface area contributed by atoms with E-state index >= 15 is 0 Å². The number of fused-ring (bicyclic) bond motifs is 3. The number of nitrogens with one attached hydrogen (secondary N) is 2. The predicted molar refractivity (Wildman–Crippen MR) is 187 cm³/mol. The SMILES string of the molecule is Cc1cc2cc(-c3c4c(nc(CCc5ccc(F)cc5)c3-c3n[nH]c(=O)o3)C35CC(CN3C4=O)C5)sc2c(N[C@@H]2CCc3c(Cl)cncc32)n1. The van der Waals surface area contributed by atoms with E-state index in [1.165, 1.54) is 23.5 Å². The van der Waals surface area contributed by atoms with Crippen LogP contribution in [0.1, 0.15) is 69.4 Å². The van der Waals surface area contributed by atoms with E-state index < -0.39 is 11.3 Å². The molecule has 1 saturated carbocycles. The van der Waals surface area contributed by atoms with E-state index in [1.807, 2.05) is 24.1 Å². The third kappa shape index (κ3) is 4.37. The van der Waals surface area contributed by atoms with Gasteiger partial charge in [0.25, 0.3) is 11.8 Å². The molecule has 1 spiro atoms. The molecule has 2 saturated heterocycles. The molecule has 2 bridgehead atoms. The number of thiophene rings is 1. The quantitative estimate of drug-likeness (QED) is 0.179. The van der Waals surface area contributed by atoms with Crippen LogP contribution in [-0.4, -0.2) is 42.5 Å². The largest absolute Gasteiger partial charge is 0.434 e. The molecule has 3 fully saturated rings. The van der Waals surface area contributed by atoms with Crippen LogP contribution >= 0.6 is 22.9 Å². The lowest BCUT2D eigenvalue weighted by Crippen LogP contribution is -2.40. The van der Waals surface area contributed by atoms with Crippen molar-refractivity contribution in [3.8, 4) is 21.9 Å². The molecule has 3 aliphatic heterocycles. The van der Waals surface area contributed by atoms with Crippen LogP contribution in [0.15, 0.2) is 58.0 Å². The second-order valence-corrected chi connectivity index (χ2v) is 15.3. The Kier molecular flexibility index (Phi) is 6.45. The van der Waals surface area contributed by atoms with Gasteiger partial charge in [-0.3, -0.25) is 14.8 Å². The molecule has 2 N–H and O–H groups in total. The highest BCUT2D eigenvalue weighted by molar-refractivity contribution is 7.23. The number of anilines is 1. The van der Waals surface area contributed by atoms with E-state index in [2.05, 4.69) is 26.6 Å². The first-order valence-electron chi connectivity index (χ1n) is 16.8. The van der Waals surface area contributed by atoms with Crippen molar-refractivity contribution in [2.45, 2.75) is 57.0 Å². The van der Waals surface area contributed by atoms with Crippen molar-refractivity contribution in [1.82, 2.24) is 30.0 Å². The van der Waals surface area contributed by atoms with E-state index in [1.54, 1.807) is 18.3 Å². The van der Waals surface area contributed by atoms with Crippen LogP contribution in [0, 0.1) is 18.7 Å². The summed E-state index contributed by atoms with van der Waals surface area (Å²) in [6.07, 6.45) is 8.07. The van der Waals surface area contributed by atoms with E-state index in [-0.39, 0.29) is 23.7 Å². The zero-order chi connectivity index (χ0) is 33.9. The summed E-state index contributed by atoms with van der Waals surface area (Å²) in [5.74, 6) is 0.250. The predicted octanol–water partition coefficient (Wildman–Crippen LogP) is 7.16. The second kappa shape index (κ2) is 10.8. The Hall–Kier alpha value is -4.94. The van der Waals surface area contributed by atoms with Gasteiger partial charge in [-0.25, -0.2) is 19.3 Å². The molecule has 1 aromatic carbocycles. The van der Waals surface area contributed by atoms with Gasteiger partial charge in [-0.15, -0.1) is 16.4 Å². The molecule has 5 aliphatic rings. The maximum atomic E-state index is 14.4. The van der Waals surface area contributed by atoms with Gasteiger partial charge >= 0.3 is 5.76 Å². The average molecular weight is 706 g/mol. The number of hydrogen-bond acceptors (Lipinski definition) is 9. The Morgan fingerprint density at radius 3 is 2.74 bits per heavy atom. The molecular formula is C37H29ClFN7O3S. The van der Waals surface area contributed by atoms with Crippen molar-refractivity contribution in [2.24, 2.45) is 5.92 Å². The zero-order valence-corrected chi connectivity index (χ0v) is 28.4. The number of carbonyl (C=O) groups is 1. The lowest BCUT2D eigenvalue weighted by atomic mass is 9.71. The normalized spacial score (nSPS) is 21.4. The van der Waals surface area contributed by atoms with Gasteiger partial charge in [0.15, 0.2) is 0 Å². The molecule has 0 unspecified atom stereocenters. The summed E-state index contributed by atoms with van der Waals surface area (Å²) in [6, 6.07) is 10.5. The van der Waals surface area contributed by atoms with Gasteiger partial charge in [0.05, 0.1) is 43.8 Å². The molecule has 11 rings (SSSR count). The smallest absolute Gasteiger partial charge is 0.388 e. The summed E-state index contributed by atoms with van der Waals surface area (Å²) in [5, 5.41) is 12.0. The highest BCUT2D eigenvalue weighted by atomic mass is 35.5. The van der Waals surface area contributed by atoms with E-state index in [0.29, 0.717) is 52.7 Å². The van der Waals surface area contributed by atoms with Crippen LogP contribution in [0.5, 0.6) is 0 Å². The van der Waals surface area contributed by atoms with Crippen LogP contribution in [0.3, 0.4) is 0 Å². The number of H-pyrrole nitrogens is 1. The summed E-state index contributed by atoms with van der Waals surface area (Å²) >= 11 is 8.03. The number of aromatic nitrogens is 5. The molecule has 6 aromatic rings. The molecule has 8 heterocycles. The minimum Gasteiger partial charge on any atom is -0.388 e. The number of amides is 1. The van der Waals surface area contributed by atoms with Gasteiger partial charge in [-0.1, -0.05) is 23.7 Å². The van der Waals surface area contributed by atoms with Crippen LogP contribution in [0.25, 0.3) is 32.0 Å². The van der Waals surface area contributed by atoms with E-state index in [4.69, 9.17) is 26.0 Å². The number of carbonyl (C=O) groups excluding carboxylic acids is 1. The van der Waals surface area contributed by atoms with Crippen molar-refractivity contribution in [3.05, 3.63) is 110 Å².